The van der Waals surface area contributed by atoms with Crippen molar-refractivity contribution in [2.24, 2.45) is 0 Å². The smallest absolute Gasteiger partial charge is 0.129 e. The molecule has 0 saturated carbocycles. The molecule has 1 heterocycles. The van der Waals surface area contributed by atoms with Gasteiger partial charge in [0.2, 0.25) is 0 Å². The number of nitrogens with one attached hydrogen (secondary N) is 1. The van der Waals surface area contributed by atoms with E-state index in [0.717, 1.165) is 5.56 Å². The number of nitrogens with zero attached hydrogens (tertiary/aromatic N) is 1. The van der Waals surface area contributed by atoms with Gasteiger partial charge in [0, 0.05) is 18.5 Å². The fourth-order valence-electron chi connectivity index (χ4n) is 1.61. The molecular weight excluding hydrogens is 266 g/mol. The van der Waals surface area contributed by atoms with Crippen molar-refractivity contribution in [2.45, 2.75) is 17.4 Å². The second kappa shape index (κ2) is 6.83. The molecule has 0 saturated heterocycles. The molecule has 0 bridgehead atoms. The molecule has 2 nitrogen and oxygen atoms in total. The Hall–Kier alpha value is -0.960. The van der Waals surface area contributed by atoms with E-state index in [1.807, 2.05) is 24.3 Å². The summed E-state index contributed by atoms with van der Waals surface area (Å²) in [4.78, 5) is 3.90. The maximum atomic E-state index is 12.4. The molecule has 0 aliphatic rings. The van der Waals surface area contributed by atoms with Crippen molar-refractivity contribution < 1.29 is 3.89 Å². The van der Waals surface area contributed by atoms with Crippen molar-refractivity contribution in [2.75, 3.05) is 0 Å². The molecule has 0 amide bonds. The van der Waals surface area contributed by atoms with Crippen LogP contribution in [0.1, 0.15) is 16.9 Å². The Morgan fingerprint density at radius 2 is 2.06 bits per heavy atom. The van der Waals surface area contributed by atoms with Gasteiger partial charge in [-0.05, 0) is 23.3 Å². The lowest BCUT2D eigenvalue weighted by Gasteiger charge is -2.14. The van der Waals surface area contributed by atoms with Crippen LogP contribution in [0.2, 0.25) is 0 Å². The van der Waals surface area contributed by atoms with Crippen LogP contribution in [-0.4, -0.2) is 4.98 Å². The number of pyridine rings is 1. The van der Waals surface area contributed by atoms with E-state index in [1.165, 1.54) is 5.56 Å². The van der Waals surface area contributed by atoms with Crippen molar-refractivity contribution in [3.63, 3.8) is 0 Å². The van der Waals surface area contributed by atoms with Crippen LogP contribution in [0.25, 0.3) is 0 Å². The molecule has 2 unspecified atom stereocenters. The van der Waals surface area contributed by atoms with E-state index >= 15 is 0 Å². The first kappa shape index (κ1) is 13.5. The zero-order chi connectivity index (χ0) is 12.8. The standard InChI is InChI=1S/C13H14FN2PS/c14-18-12-8-10(6-7-15-12)9-16-13(17)11-4-2-1-3-5-11/h1-8,13,16H,9,17H2. The van der Waals surface area contributed by atoms with Gasteiger partial charge < -0.3 is 5.32 Å². The molecule has 1 aromatic carbocycles. The third-order valence-electron chi connectivity index (χ3n) is 2.56. The predicted octanol–water partition coefficient (Wildman–Crippen LogP) is 3.72. The highest BCUT2D eigenvalue weighted by molar-refractivity contribution is 7.94. The van der Waals surface area contributed by atoms with Crippen LogP contribution in [0.5, 0.6) is 0 Å². The molecule has 0 fully saturated rings. The van der Waals surface area contributed by atoms with Crippen LogP contribution >= 0.6 is 21.4 Å². The van der Waals surface area contributed by atoms with Crippen LogP contribution < -0.4 is 5.32 Å². The molecule has 2 rings (SSSR count). The molecule has 0 radical (unpaired) electrons. The Morgan fingerprint density at radius 1 is 1.28 bits per heavy atom. The number of rotatable bonds is 5. The molecular formula is C13H14FN2PS. The fraction of sp³-hybridized carbons (Fsp3) is 0.154. The predicted molar refractivity (Wildman–Crippen MR) is 76.9 cm³/mol. The van der Waals surface area contributed by atoms with Crippen LogP contribution in [0.4, 0.5) is 3.89 Å². The maximum absolute atomic E-state index is 12.4. The molecule has 2 aromatic rings. The molecule has 0 spiro atoms. The summed E-state index contributed by atoms with van der Waals surface area (Å²) in [5.74, 6) is 0.181. The summed E-state index contributed by atoms with van der Waals surface area (Å²) in [6.07, 6.45) is 1.62. The van der Waals surface area contributed by atoms with E-state index in [4.69, 9.17) is 0 Å². The second-order valence-corrected chi connectivity index (χ2v) is 5.09. The van der Waals surface area contributed by atoms with Crippen molar-refractivity contribution in [1.29, 1.82) is 0 Å². The van der Waals surface area contributed by atoms with Crippen molar-refractivity contribution in [3.05, 3.63) is 59.8 Å². The van der Waals surface area contributed by atoms with Gasteiger partial charge in [-0.3, -0.25) is 0 Å². The third kappa shape index (κ3) is 3.77. The Bertz CT molecular complexity index is 495. The first-order valence-corrected chi connectivity index (χ1v) is 6.95. The van der Waals surface area contributed by atoms with Gasteiger partial charge in [0.1, 0.15) is 17.2 Å². The Balaban J connectivity index is 1.95. The van der Waals surface area contributed by atoms with Crippen LogP contribution in [0, 0.1) is 0 Å². The number of halogens is 1. The molecule has 1 aromatic heterocycles. The van der Waals surface area contributed by atoms with Crippen molar-refractivity contribution in [3.8, 4) is 0 Å². The van der Waals surface area contributed by atoms with Crippen molar-refractivity contribution >= 4 is 21.4 Å². The van der Waals surface area contributed by atoms with E-state index in [-0.39, 0.29) is 17.9 Å². The van der Waals surface area contributed by atoms with Gasteiger partial charge in [0.15, 0.2) is 0 Å². The molecule has 94 valence electrons. The Labute approximate surface area is 113 Å². The van der Waals surface area contributed by atoms with Gasteiger partial charge in [-0.25, -0.2) is 4.98 Å². The Morgan fingerprint density at radius 3 is 2.78 bits per heavy atom. The highest BCUT2D eigenvalue weighted by atomic mass is 32.2. The zero-order valence-electron chi connectivity index (χ0n) is 9.71. The molecule has 1 N–H and O–H groups in total. The summed E-state index contributed by atoms with van der Waals surface area (Å²) in [5.41, 5.74) is 2.23. The van der Waals surface area contributed by atoms with E-state index < -0.39 is 0 Å². The number of aromatic nitrogens is 1. The van der Waals surface area contributed by atoms with E-state index in [9.17, 15) is 3.89 Å². The highest BCUT2D eigenvalue weighted by Gasteiger charge is 2.04. The largest absolute Gasteiger partial charge is 0.303 e. The average molecular weight is 280 g/mol. The van der Waals surface area contributed by atoms with Gasteiger partial charge in [-0.2, -0.15) is 3.89 Å². The van der Waals surface area contributed by atoms with E-state index in [2.05, 4.69) is 31.7 Å². The monoisotopic (exact) mass is 280 g/mol. The second-order valence-electron chi connectivity index (χ2n) is 3.85. The minimum Gasteiger partial charge on any atom is -0.303 e. The van der Waals surface area contributed by atoms with E-state index in [0.29, 0.717) is 11.6 Å². The third-order valence-corrected chi connectivity index (χ3v) is 3.57. The SMILES string of the molecule is FSc1cc(CNC(P)c2ccccc2)ccn1. The molecule has 0 aliphatic carbocycles. The average Bonchev–Trinajstić information content (AvgIpc) is 2.46. The van der Waals surface area contributed by atoms with Gasteiger partial charge in [-0.15, -0.1) is 9.24 Å². The summed E-state index contributed by atoms with van der Waals surface area (Å²) >= 11 is 0.170. The molecule has 18 heavy (non-hydrogen) atoms. The lowest BCUT2D eigenvalue weighted by Crippen LogP contribution is -2.15. The van der Waals surface area contributed by atoms with Crippen LogP contribution in [-0.2, 0) is 6.54 Å². The topological polar surface area (TPSA) is 24.9 Å². The normalized spacial score (nSPS) is 12.3. The Kier molecular flexibility index (Phi) is 5.12. The molecule has 5 heteroatoms. The number of hydrogen-bond donors (Lipinski definition) is 1. The molecule has 0 aliphatic heterocycles. The van der Waals surface area contributed by atoms with Gasteiger partial charge in [0.05, 0.1) is 0 Å². The highest BCUT2D eigenvalue weighted by Crippen LogP contribution is 2.21. The fourth-order valence-corrected chi connectivity index (χ4v) is 2.25. The lowest BCUT2D eigenvalue weighted by molar-refractivity contribution is 0.675. The summed E-state index contributed by atoms with van der Waals surface area (Å²) in [5, 5.41) is 3.77. The van der Waals surface area contributed by atoms with Crippen LogP contribution in [0.3, 0.4) is 0 Å². The first-order valence-electron chi connectivity index (χ1n) is 5.57. The quantitative estimate of drug-likeness (QED) is 0.845. The van der Waals surface area contributed by atoms with Gasteiger partial charge in [-0.1, -0.05) is 30.3 Å². The number of benzene rings is 1. The first-order chi connectivity index (χ1) is 8.79. The van der Waals surface area contributed by atoms with Crippen molar-refractivity contribution in [1.82, 2.24) is 10.3 Å². The summed E-state index contributed by atoms with van der Waals surface area (Å²) in [7, 11) is 2.76. The van der Waals surface area contributed by atoms with Gasteiger partial charge >= 0.3 is 0 Å². The summed E-state index contributed by atoms with van der Waals surface area (Å²) < 4.78 is 12.4. The minimum atomic E-state index is 0.170. The minimum absolute atomic E-state index is 0.170. The molecule has 2 atom stereocenters. The maximum Gasteiger partial charge on any atom is 0.129 e. The van der Waals surface area contributed by atoms with E-state index in [1.54, 1.807) is 12.3 Å². The summed E-state index contributed by atoms with van der Waals surface area (Å²) in [6, 6.07) is 13.8. The lowest BCUT2D eigenvalue weighted by atomic mass is 10.2. The number of hydrogen-bond acceptors (Lipinski definition) is 3. The summed E-state index contributed by atoms with van der Waals surface area (Å²) in [6.45, 7) is 0.680. The van der Waals surface area contributed by atoms with Crippen LogP contribution in [0.15, 0.2) is 53.7 Å². The van der Waals surface area contributed by atoms with Gasteiger partial charge in [0.25, 0.3) is 0 Å². The zero-order valence-corrected chi connectivity index (χ0v) is 11.7.